The van der Waals surface area contributed by atoms with E-state index in [-0.39, 0.29) is 46.4 Å². The molecule has 12 heteroatoms. The number of halogens is 2. The lowest BCUT2D eigenvalue weighted by Crippen LogP contribution is -2.44. The van der Waals surface area contributed by atoms with Gasteiger partial charge in [0.05, 0.1) is 16.8 Å². The maximum absolute atomic E-state index is 14.7. The molecule has 1 aliphatic rings. The molecule has 0 saturated heterocycles. The van der Waals surface area contributed by atoms with E-state index in [1.54, 1.807) is 48.7 Å². The van der Waals surface area contributed by atoms with Crippen molar-refractivity contribution < 1.29 is 23.9 Å². The van der Waals surface area contributed by atoms with Crippen molar-refractivity contribution >= 4 is 29.3 Å². The summed E-state index contributed by atoms with van der Waals surface area (Å²) in [6, 6.07) is 20.2. The van der Waals surface area contributed by atoms with Gasteiger partial charge in [0.1, 0.15) is 23.5 Å². The van der Waals surface area contributed by atoms with Crippen molar-refractivity contribution in [2.75, 3.05) is 6.54 Å². The summed E-state index contributed by atoms with van der Waals surface area (Å²) in [5.41, 5.74) is 3.92. The lowest BCUT2D eigenvalue weighted by atomic mass is 9.84. The van der Waals surface area contributed by atoms with Gasteiger partial charge in [-0.15, -0.1) is 5.10 Å². The van der Waals surface area contributed by atoms with E-state index in [1.807, 2.05) is 12.1 Å². The normalized spacial score (nSPS) is 14.0. The van der Waals surface area contributed by atoms with Crippen LogP contribution in [-0.2, 0) is 17.6 Å². The zero-order chi connectivity index (χ0) is 31.7. The molecule has 6 rings (SSSR count). The van der Waals surface area contributed by atoms with Crippen LogP contribution >= 0.6 is 11.6 Å². The quantitative estimate of drug-likeness (QED) is 0.260. The molecule has 1 atom stereocenters. The monoisotopic (exact) mass is 620 g/mol. The second-order valence-corrected chi connectivity index (χ2v) is 10.7. The number of carbonyl (C=O) groups is 3. The van der Waals surface area contributed by atoms with E-state index in [2.05, 4.69) is 15.3 Å². The van der Waals surface area contributed by atoms with E-state index < -0.39 is 23.7 Å². The summed E-state index contributed by atoms with van der Waals surface area (Å²) < 4.78 is 15.8. The summed E-state index contributed by atoms with van der Waals surface area (Å²) in [5, 5.41) is 26.2. The Morgan fingerprint density at radius 1 is 1.04 bits per heavy atom. The summed E-state index contributed by atoms with van der Waals surface area (Å²) in [6.45, 7) is 0.166. The van der Waals surface area contributed by atoms with Crippen molar-refractivity contribution in [3.8, 4) is 22.9 Å². The minimum atomic E-state index is -1.08. The predicted molar refractivity (Wildman–Crippen MR) is 160 cm³/mol. The summed E-state index contributed by atoms with van der Waals surface area (Å²) in [6.07, 6.45) is 3.22. The van der Waals surface area contributed by atoms with E-state index in [0.29, 0.717) is 17.5 Å². The molecule has 45 heavy (non-hydrogen) atoms. The van der Waals surface area contributed by atoms with E-state index in [1.165, 1.54) is 35.4 Å². The number of fused-ring (bicyclic) bond motifs is 1. The minimum absolute atomic E-state index is 0.0103. The van der Waals surface area contributed by atoms with Gasteiger partial charge in [0.15, 0.2) is 17.3 Å². The van der Waals surface area contributed by atoms with Crippen LogP contribution in [0.15, 0.2) is 85.2 Å². The van der Waals surface area contributed by atoms with Gasteiger partial charge in [-0.25, -0.2) is 18.9 Å². The fourth-order valence-corrected chi connectivity index (χ4v) is 5.65. The maximum atomic E-state index is 14.7. The third-order valence-electron chi connectivity index (χ3n) is 7.65. The number of rotatable bonds is 7. The Bertz CT molecular complexity index is 2000. The second-order valence-electron chi connectivity index (χ2n) is 10.3. The molecule has 0 saturated carbocycles. The third-order valence-corrected chi connectivity index (χ3v) is 7.94. The molecule has 5 aromatic rings. The number of carbonyl (C=O) groups excluding carboxylic acids is 2. The highest BCUT2D eigenvalue weighted by atomic mass is 35.5. The first kappa shape index (κ1) is 29.3. The molecule has 2 aromatic heterocycles. The lowest BCUT2D eigenvalue weighted by Gasteiger charge is -2.37. The summed E-state index contributed by atoms with van der Waals surface area (Å²) in [7, 11) is 0. The number of pyridine rings is 1. The van der Waals surface area contributed by atoms with Gasteiger partial charge in [0.25, 0.3) is 5.91 Å². The van der Waals surface area contributed by atoms with Crippen LogP contribution in [0.1, 0.15) is 49.3 Å². The fourth-order valence-electron chi connectivity index (χ4n) is 5.48. The average Bonchev–Trinajstić information content (AvgIpc) is 3.55. The Labute approximate surface area is 260 Å². The van der Waals surface area contributed by atoms with Gasteiger partial charge in [-0.1, -0.05) is 53.2 Å². The SMILES string of the molecule is N#Cc1ccc(-c2cccc3c2CCN(C(=O)c2cn(-c4cccc(Cl)c4F)nn2)[C@H]3C(=O)Cc2ccc(C(=O)O)cc2)cn1. The van der Waals surface area contributed by atoms with Crippen LogP contribution in [0.3, 0.4) is 0 Å². The number of Topliss-reactive ketones (excluding diaryl/α,β-unsaturated/α-hetero) is 1. The van der Waals surface area contributed by atoms with Crippen molar-refractivity contribution in [1.29, 1.82) is 5.26 Å². The molecule has 0 bridgehead atoms. The predicted octanol–water partition coefficient (Wildman–Crippen LogP) is 5.24. The molecular weight excluding hydrogens is 599 g/mol. The van der Waals surface area contributed by atoms with Crippen LogP contribution in [0, 0.1) is 17.1 Å². The third kappa shape index (κ3) is 5.67. The van der Waals surface area contributed by atoms with Gasteiger partial charge >= 0.3 is 5.97 Å². The summed E-state index contributed by atoms with van der Waals surface area (Å²) >= 11 is 5.92. The molecule has 3 aromatic carbocycles. The number of amides is 1. The molecule has 222 valence electrons. The largest absolute Gasteiger partial charge is 0.478 e. The Morgan fingerprint density at radius 3 is 2.53 bits per heavy atom. The average molecular weight is 621 g/mol. The van der Waals surface area contributed by atoms with Crippen molar-refractivity contribution in [3.63, 3.8) is 0 Å². The molecule has 1 aliphatic heterocycles. The highest BCUT2D eigenvalue weighted by molar-refractivity contribution is 6.30. The molecular formula is C33H22ClFN6O4. The van der Waals surface area contributed by atoms with Crippen LogP contribution in [0.5, 0.6) is 0 Å². The van der Waals surface area contributed by atoms with Gasteiger partial charge in [0.2, 0.25) is 0 Å². The Kier molecular flexibility index (Phi) is 7.89. The van der Waals surface area contributed by atoms with Crippen LogP contribution in [0.2, 0.25) is 5.02 Å². The number of ketones is 1. The Morgan fingerprint density at radius 2 is 1.82 bits per heavy atom. The highest BCUT2D eigenvalue weighted by Crippen LogP contribution is 2.38. The molecule has 0 spiro atoms. The molecule has 0 radical (unpaired) electrons. The number of benzene rings is 3. The number of nitriles is 1. The molecule has 0 aliphatic carbocycles. The zero-order valence-electron chi connectivity index (χ0n) is 23.4. The first-order valence-electron chi connectivity index (χ1n) is 13.8. The molecule has 0 unspecified atom stereocenters. The van der Waals surface area contributed by atoms with Crippen molar-refractivity contribution in [1.82, 2.24) is 24.9 Å². The maximum Gasteiger partial charge on any atom is 0.335 e. The van der Waals surface area contributed by atoms with Crippen LogP contribution in [0.25, 0.3) is 16.8 Å². The number of hydrogen-bond donors (Lipinski definition) is 1. The van der Waals surface area contributed by atoms with E-state index in [0.717, 1.165) is 21.4 Å². The number of carboxylic acids is 1. The smallest absolute Gasteiger partial charge is 0.335 e. The summed E-state index contributed by atoms with van der Waals surface area (Å²) in [5.74, 6) is -2.67. The highest BCUT2D eigenvalue weighted by Gasteiger charge is 2.38. The van der Waals surface area contributed by atoms with Gasteiger partial charge in [0, 0.05) is 24.7 Å². The Balaban J connectivity index is 1.39. The van der Waals surface area contributed by atoms with Gasteiger partial charge < -0.3 is 10.0 Å². The topological polar surface area (TPSA) is 142 Å². The Hall–Kier alpha value is -5.73. The van der Waals surface area contributed by atoms with Crippen LogP contribution < -0.4 is 0 Å². The summed E-state index contributed by atoms with van der Waals surface area (Å²) in [4.78, 5) is 45.0. The number of carboxylic acid groups (broad SMARTS) is 1. The number of nitrogens with zero attached hydrogens (tertiary/aromatic N) is 6. The van der Waals surface area contributed by atoms with Gasteiger partial charge in [-0.3, -0.25) is 9.59 Å². The standard InChI is InChI=1S/C33H22ClFN6O4/c34-26-5-2-6-28(30(26)35)41-18-27(38-39-41)32(43)40-14-13-24-23(21-11-12-22(16-36)37-17-21)3-1-4-25(24)31(40)29(42)15-19-7-9-20(10-8-19)33(44)45/h1-12,17-18,31H,13-15H2,(H,44,45)/t31-/m1/s1. The number of aromatic carboxylic acids is 1. The lowest BCUT2D eigenvalue weighted by molar-refractivity contribution is -0.123. The van der Waals surface area contributed by atoms with Gasteiger partial charge in [-0.05, 0) is 65.1 Å². The molecule has 1 amide bonds. The zero-order valence-corrected chi connectivity index (χ0v) is 24.1. The first-order chi connectivity index (χ1) is 21.7. The molecule has 0 fully saturated rings. The second kappa shape index (κ2) is 12.1. The van der Waals surface area contributed by atoms with Crippen molar-refractivity contribution in [2.45, 2.75) is 18.9 Å². The number of hydrogen-bond acceptors (Lipinski definition) is 7. The van der Waals surface area contributed by atoms with Crippen molar-refractivity contribution in [3.05, 3.63) is 130 Å². The van der Waals surface area contributed by atoms with E-state index in [4.69, 9.17) is 16.9 Å². The molecule has 1 N–H and O–H groups in total. The van der Waals surface area contributed by atoms with Crippen LogP contribution in [-0.4, -0.2) is 54.2 Å². The van der Waals surface area contributed by atoms with Crippen molar-refractivity contribution in [2.24, 2.45) is 0 Å². The van der Waals surface area contributed by atoms with Gasteiger partial charge in [-0.2, -0.15) is 5.26 Å². The van der Waals surface area contributed by atoms with E-state index >= 15 is 0 Å². The van der Waals surface area contributed by atoms with E-state index in [9.17, 15) is 23.9 Å². The fraction of sp³-hybridized carbons (Fsp3) is 0.121. The first-order valence-corrected chi connectivity index (χ1v) is 14.1. The van der Waals surface area contributed by atoms with Crippen LogP contribution in [0.4, 0.5) is 4.39 Å². The molecule has 10 nitrogen and oxygen atoms in total. The number of aromatic nitrogens is 4. The minimum Gasteiger partial charge on any atom is -0.478 e. The molecule has 3 heterocycles.